The first-order valence-corrected chi connectivity index (χ1v) is 4.22. The van der Waals surface area contributed by atoms with Gasteiger partial charge in [-0.2, -0.15) is 0 Å². The summed E-state index contributed by atoms with van der Waals surface area (Å²) in [5.41, 5.74) is 5.75. The van der Waals surface area contributed by atoms with Crippen LogP contribution in [0.2, 0.25) is 0 Å². The van der Waals surface area contributed by atoms with E-state index < -0.39 is 0 Å². The third-order valence-corrected chi connectivity index (χ3v) is 1.98. The maximum Gasteiger partial charge on any atom is 0.0970 e. The first-order chi connectivity index (χ1) is 5.34. The van der Waals surface area contributed by atoms with Crippen molar-refractivity contribution in [3.05, 3.63) is 0 Å². The van der Waals surface area contributed by atoms with Gasteiger partial charge in [0.1, 0.15) is 0 Å². The number of hydrogen-bond acceptors (Lipinski definition) is 2. The second-order valence-corrected chi connectivity index (χ2v) is 2.79. The van der Waals surface area contributed by atoms with Gasteiger partial charge in [0.15, 0.2) is 0 Å². The molecule has 0 spiro atoms. The zero-order valence-electron chi connectivity index (χ0n) is 7.05. The molecule has 1 rings (SSSR count). The Hall–Kier alpha value is -0.570. The summed E-state index contributed by atoms with van der Waals surface area (Å²) in [4.78, 5) is 4.19. The normalized spacial score (nSPS) is 22.1. The molecule has 1 fully saturated rings. The summed E-state index contributed by atoms with van der Waals surface area (Å²) in [6, 6.07) is 0. The van der Waals surface area contributed by atoms with Crippen LogP contribution in [0.3, 0.4) is 0 Å². The van der Waals surface area contributed by atoms with Crippen LogP contribution in [0.5, 0.6) is 0 Å². The summed E-state index contributed by atoms with van der Waals surface area (Å²) >= 11 is 0. The molecule has 0 saturated carbocycles. The molecule has 1 aliphatic heterocycles. The average molecular weight is 156 g/mol. The highest BCUT2D eigenvalue weighted by molar-refractivity contribution is 5.82. The zero-order chi connectivity index (χ0) is 8.10. The Labute approximate surface area is 67.6 Å². The van der Waals surface area contributed by atoms with Crippen molar-refractivity contribution >= 4 is 5.84 Å². The molecule has 3 heteroatoms. The molecule has 0 aromatic rings. The first-order valence-electron chi connectivity index (χ1n) is 4.22. The minimum absolute atomic E-state index is 0.476. The average Bonchev–Trinajstić information content (AvgIpc) is 2.07. The van der Waals surface area contributed by atoms with E-state index in [-0.39, 0.29) is 0 Å². The second kappa shape index (κ2) is 4.34. The van der Waals surface area contributed by atoms with E-state index in [9.17, 15) is 0 Å². The Morgan fingerprint density at radius 2 is 2.18 bits per heavy atom. The van der Waals surface area contributed by atoms with Crippen LogP contribution < -0.4 is 5.73 Å². The molecule has 0 radical (unpaired) electrons. The second-order valence-electron chi connectivity index (χ2n) is 2.79. The minimum Gasteiger partial charge on any atom is -0.387 e. The molecule has 0 aromatic carbocycles. The highest BCUT2D eigenvalue weighted by Gasteiger charge is 2.16. The van der Waals surface area contributed by atoms with E-state index in [4.69, 9.17) is 10.5 Å². The fraction of sp³-hybridized carbons (Fsp3) is 0.875. The van der Waals surface area contributed by atoms with Crippen molar-refractivity contribution in [2.45, 2.75) is 19.8 Å². The van der Waals surface area contributed by atoms with E-state index in [2.05, 4.69) is 4.99 Å². The van der Waals surface area contributed by atoms with Gasteiger partial charge < -0.3 is 10.5 Å². The van der Waals surface area contributed by atoms with Crippen LogP contribution >= 0.6 is 0 Å². The monoisotopic (exact) mass is 156 g/mol. The van der Waals surface area contributed by atoms with Crippen molar-refractivity contribution < 1.29 is 4.74 Å². The number of nitrogens with two attached hydrogens (primary N) is 1. The van der Waals surface area contributed by atoms with Crippen molar-refractivity contribution in [1.82, 2.24) is 0 Å². The van der Waals surface area contributed by atoms with Crippen molar-refractivity contribution in [2.75, 3.05) is 19.8 Å². The molecule has 0 unspecified atom stereocenters. The molecule has 0 amide bonds. The lowest BCUT2D eigenvalue weighted by atomic mass is 9.99. The number of hydrogen-bond donors (Lipinski definition) is 1. The summed E-state index contributed by atoms with van der Waals surface area (Å²) in [5.74, 6) is 1.29. The van der Waals surface area contributed by atoms with Crippen molar-refractivity contribution in [3.8, 4) is 0 Å². The lowest BCUT2D eigenvalue weighted by Gasteiger charge is -2.21. The Balaban J connectivity index is 2.38. The van der Waals surface area contributed by atoms with Gasteiger partial charge in [-0.05, 0) is 19.8 Å². The van der Waals surface area contributed by atoms with Gasteiger partial charge >= 0.3 is 0 Å². The predicted octanol–water partition coefficient (Wildman–Crippen LogP) is 0.790. The van der Waals surface area contributed by atoms with Gasteiger partial charge in [0, 0.05) is 25.7 Å². The summed E-state index contributed by atoms with van der Waals surface area (Å²) in [5, 5.41) is 0. The highest BCUT2D eigenvalue weighted by atomic mass is 16.5. The number of rotatable bonds is 2. The van der Waals surface area contributed by atoms with E-state index in [0.717, 1.165) is 38.4 Å². The van der Waals surface area contributed by atoms with Gasteiger partial charge in [0.2, 0.25) is 0 Å². The number of ether oxygens (including phenoxy) is 1. The third-order valence-electron chi connectivity index (χ3n) is 1.98. The molecule has 1 aliphatic rings. The molecule has 0 aromatic heterocycles. The lowest BCUT2D eigenvalue weighted by molar-refractivity contribution is 0.0825. The van der Waals surface area contributed by atoms with Crippen LogP contribution in [0.4, 0.5) is 0 Å². The van der Waals surface area contributed by atoms with Gasteiger partial charge in [-0.25, -0.2) is 0 Å². The minimum atomic E-state index is 0.476. The third kappa shape index (κ3) is 2.50. The molecule has 11 heavy (non-hydrogen) atoms. The molecule has 64 valence electrons. The standard InChI is InChI=1S/C8H16N2O/c1-2-10-8(9)7-3-5-11-6-4-7/h7H,2-6H2,1H3,(H2,9,10). The summed E-state index contributed by atoms with van der Waals surface area (Å²) in [6.45, 7) is 4.48. The van der Waals surface area contributed by atoms with E-state index in [1.165, 1.54) is 0 Å². The number of amidine groups is 1. The predicted molar refractivity (Wildman–Crippen MR) is 45.7 cm³/mol. The Bertz CT molecular complexity index is 139. The first kappa shape index (κ1) is 8.53. The molecule has 0 atom stereocenters. The Morgan fingerprint density at radius 1 is 1.55 bits per heavy atom. The van der Waals surface area contributed by atoms with Crippen molar-refractivity contribution in [1.29, 1.82) is 0 Å². The molecule has 0 bridgehead atoms. The lowest BCUT2D eigenvalue weighted by Crippen LogP contribution is -2.29. The van der Waals surface area contributed by atoms with E-state index in [1.54, 1.807) is 0 Å². The van der Waals surface area contributed by atoms with Crippen LogP contribution in [0, 0.1) is 5.92 Å². The van der Waals surface area contributed by atoms with Gasteiger partial charge in [0.25, 0.3) is 0 Å². The van der Waals surface area contributed by atoms with Gasteiger partial charge in [0.05, 0.1) is 5.84 Å². The molecule has 0 aliphatic carbocycles. The van der Waals surface area contributed by atoms with E-state index in [1.807, 2.05) is 6.92 Å². The zero-order valence-corrected chi connectivity index (χ0v) is 7.05. The topological polar surface area (TPSA) is 47.6 Å². The van der Waals surface area contributed by atoms with Gasteiger partial charge in [-0.3, -0.25) is 4.99 Å². The van der Waals surface area contributed by atoms with Gasteiger partial charge in [-0.15, -0.1) is 0 Å². The molecule has 1 saturated heterocycles. The largest absolute Gasteiger partial charge is 0.387 e. The SMILES string of the molecule is CCN=C(N)C1CCOCC1. The van der Waals surface area contributed by atoms with Crippen molar-refractivity contribution in [2.24, 2.45) is 16.6 Å². The summed E-state index contributed by atoms with van der Waals surface area (Å²) in [6.07, 6.45) is 2.07. The van der Waals surface area contributed by atoms with E-state index in [0.29, 0.717) is 5.92 Å². The molecular formula is C8H16N2O. The van der Waals surface area contributed by atoms with Crippen LogP contribution in [0.15, 0.2) is 4.99 Å². The van der Waals surface area contributed by atoms with Crippen molar-refractivity contribution in [3.63, 3.8) is 0 Å². The van der Waals surface area contributed by atoms with Crippen LogP contribution in [0.25, 0.3) is 0 Å². The maximum absolute atomic E-state index is 5.75. The van der Waals surface area contributed by atoms with Gasteiger partial charge in [-0.1, -0.05) is 0 Å². The van der Waals surface area contributed by atoms with E-state index >= 15 is 0 Å². The quantitative estimate of drug-likeness (QED) is 0.474. The summed E-state index contributed by atoms with van der Waals surface area (Å²) < 4.78 is 5.22. The maximum atomic E-state index is 5.75. The summed E-state index contributed by atoms with van der Waals surface area (Å²) in [7, 11) is 0. The molecule has 2 N–H and O–H groups in total. The van der Waals surface area contributed by atoms with Crippen LogP contribution in [-0.2, 0) is 4.74 Å². The fourth-order valence-electron chi connectivity index (χ4n) is 1.31. The molecular weight excluding hydrogens is 140 g/mol. The van der Waals surface area contributed by atoms with Crippen LogP contribution in [-0.4, -0.2) is 25.6 Å². The molecule has 3 nitrogen and oxygen atoms in total. The fourth-order valence-corrected chi connectivity index (χ4v) is 1.31. The molecule has 1 heterocycles. The Kier molecular flexibility index (Phi) is 3.36. The highest BCUT2D eigenvalue weighted by Crippen LogP contribution is 2.14. The van der Waals surface area contributed by atoms with Crippen LogP contribution in [0.1, 0.15) is 19.8 Å². The number of nitrogens with zero attached hydrogens (tertiary/aromatic N) is 1. The smallest absolute Gasteiger partial charge is 0.0970 e. The number of aliphatic imine (C=N–C) groups is 1. The Morgan fingerprint density at radius 3 is 2.73 bits per heavy atom.